The number of aromatic nitrogens is 1. The minimum absolute atomic E-state index is 0.0913. The van der Waals surface area contributed by atoms with Gasteiger partial charge in [0.15, 0.2) is 16.3 Å². The molecule has 6 rings (SSSR count). The molecule has 0 N–H and O–H groups in total. The van der Waals surface area contributed by atoms with E-state index in [0.29, 0.717) is 48.7 Å². The van der Waals surface area contributed by atoms with Gasteiger partial charge in [-0.2, -0.15) is 0 Å². The number of fused-ring (bicyclic) bond motifs is 1. The second-order valence-corrected chi connectivity index (χ2v) is 13.3. The summed E-state index contributed by atoms with van der Waals surface area (Å²) in [7, 11) is 0. The molecule has 2 aromatic heterocycles. The van der Waals surface area contributed by atoms with Crippen LogP contribution >= 0.6 is 46.1 Å². The Morgan fingerprint density at radius 1 is 1.00 bits per heavy atom. The summed E-state index contributed by atoms with van der Waals surface area (Å²) >= 11 is 19.9. The first-order chi connectivity index (χ1) is 24.5. The summed E-state index contributed by atoms with van der Waals surface area (Å²) < 4.78 is 25.2. The second-order valence-electron chi connectivity index (χ2n) is 11.1. The van der Waals surface area contributed by atoms with Crippen LogP contribution in [-0.4, -0.2) is 28.7 Å². The first-order valence-electron chi connectivity index (χ1n) is 15.6. The maximum Gasteiger partial charge on any atom is 0.338 e. The fraction of sp³-hybridized carbons (Fsp3) is 0.194. The molecular formula is C36H28Cl3N3O8S. The summed E-state index contributed by atoms with van der Waals surface area (Å²) in [5.41, 5.74) is 1.52. The van der Waals surface area contributed by atoms with Crippen molar-refractivity contribution >= 4 is 63.9 Å². The van der Waals surface area contributed by atoms with Crippen molar-refractivity contribution in [3.8, 4) is 22.8 Å². The summed E-state index contributed by atoms with van der Waals surface area (Å²) in [5, 5.41) is 12.7. The molecule has 0 spiro atoms. The van der Waals surface area contributed by atoms with E-state index in [2.05, 4.69) is 4.99 Å². The van der Waals surface area contributed by atoms with Crippen molar-refractivity contribution in [2.75, 3.05) is 13.2 Å². The third-order valence-corrected chi connectivity index (χ3v) is 9.70. The topological polar surface area (TPSA) is 135 Å². The van der Waals surface area contributed by atoms with Crippen LogP contribution in [-0.2, 0) is 16.1 Å². The van der Waals surface area contributed by atoms with E-state index in [9.17, 15) is 19.7 Å². The van der Waals surface area contributed by atoms with E-state index in [-0.39, 0.29) is 46.6 Å². The number of halogens is 3. The Morgan fingerprint density at radius 2 is 1.80 bits per heavy atom. The lowest BCUT2D eigenvalue weighted by Gasteiger charge is -2.22. The monoisotopic (exact) mass is 767 g/mol. The minimum atomic E-state index is -1.05. The Morgan fingerprint density at radius 3 is 2.53 bits per heavy atom. The Balaban J connectivity index is 1.41. The van der Waals surface area contributed by atoms with Gasteiger partial charge < -0.3 is 18.6 Å². The maximum absolute atomic E-state index is 14.2. The van der Waals surface area contributed by atoms with Crippen LogP contribution < -0.4 is 24.4 Å². The van der Waals surface area contributed by atoms with Crippen molar-refractivity contribution in [2.45, 2.75) is 33.4 Å². The number of esters is 1. The zero-order chi connectivity index (χ0) is 36.4. The van der Waals surface area contributed by atoms with Gasteiger partial charge in [0.2, 0.25) is 0 Å². The molecule has 262 valence electrons. The van der Waals surface area contributed by atoms with Crippen LogP contribution in [0, 0.1) is 10.1 Å². The summed E-state index contributed by atoms with van der Waals surface area (Å²) in [6.07, 6.45) is 1.70. The third-order valence-electron chi connectivity index (χ3n) is 7.80. The number of hydrogen-bond donors (Lipinski definition) is 0. The molecule has 0 radical (unpaired) electrons. The average Bonchev–Trinajstić information content (AvgIpc) is 3.69. The van der Waals surface area contributed by atoms with Crippen LogP contribution in [0.3, 0.4) is 0 Å². The number of ether oxygens (including phenoxy) is 3. The van der Waals surface area contributed by atoms with Gasteiger partial charge in [0.25, 0.3) is 11.2 Å². The molecule has 1 atom stereocenters. The van der Waals surface area contributed by atoms with Crippen LogP contribution in [0.25, 0.3) is 17.4 Å². The zero-order valence-corrected chi connectivity index (χ0v) is 30.4. The Bertz CT molecular complexity index is 2400. The van der Waals surface area contributed by atoms with Gasteiger partial charge in [-0.15, -0.1) is 0 Å². The zero-order valence-electron chi connectivity index (χ0n) is 27.3. The van der Waals surface area contributed by atoms with Gasteiger partial charge in [-0.1, -0.05) is 58.3 Å². The Hall–Kier alpha value is -4.88. The molecule has 0 bridgehead atoms. The average molecular weight is 769 g/mol. The number of thiazole rings is 1. The third kappa shape index (κ3) is 7.45. The fourth-order valence-electron chi connectivity index (χ4n) is 5.47. The number of allylic oxidation sites excluding steroid dienone is 1. The molecule has 51 heavy (non-hydrogen) atoms. The number of rotatable bonds is 11. The highest BCUT2D eigenvalue weighted by Gasteiger charge is 2.35. The molecule has 5 aromatic rings. The number of benzene rings is 3. The fourth-order valence-corrected chi connectivity index (χ4v) is 7.19. The molecule has 15 heteroatoms. The summed E-state index contributed by atoms with van der Waals surface area (Å²) in [4.78, 5) is 43.3. The highest BCUT2D eigenvalue weighted by Crippen LogP contribution is 2.37. The lowest BCUT2D eigenvalue weighted by Crippen LogP contribution is -2.39. The van der Waals surface area contributed by atoms with Crippen LogP contribution in [0.15, 0.2) is 92.2 Å². The largest absolute Gasteiger partial charge is 0.490 e. The predicted molar refractivity (Wildman–Crippen MR) is 195 cm³/mol. The first kappa shape index (κ1) is 35.9. The smallest absolute Gasteiger partial charge is 0.338 e. The van der Waals surface area contributed by atoms with E-state index in [1.807, 2.05) is 6.92 Å². The van der Waals surface area contributed by atoms with Crippen molar-refractivity contribution in [2.24, 2.45) is 4.99 Å². The quantitative estimate of drug-likeness (QED) is 0.0752. The number of hydrogen-bond acceptors (Lipinski definition) is 10. The van der Waals surface area contributed by atoms with E-state index < -0.39 is 22.5 Å². The molecule has 3 heterocycles. The van der Waals surface area contributed by atoms with E-state index in [1.54, 1.807) is 68.5 Å². The highest BCUT2D eigenvalue weighted by molar-refractivity contribution is 7.07. The summed E-state index contributed by atoms with van der Waals surface area (Å²) in [6, 6.07) is 16.5. The normalized spacial score (nSPS) is 14.2. The standard InChI is InChI=1S/C36H28Cl3N3O8S/c1-4-47-30-14-20(6-11-28(30)49-18-21-7-8-22(37)16-26(21)39)15-31-34(43)41-33(32(35(44)48-5-2)19(3)40-36(41)51-31)29-13-12-27(50-29)24-17-23(42(45)46)9-10-25(24)38/h6-17,33H,4-5,18H2,1-3H3/b31-15-/t33-/m0/s1. The number of furan rings is 1. The van der Waals surface area contributed by atoms with E-state index in [1.165, 1.54) is 22.8 Å². The molecule has 3 aromatic carbocycles. The molecule has 0 amide bonds. The number of non-ortho nitro benzene ring substituents is 1. The van der Waals surface area contributed by atoms with Crippen molar-refractivity contribution < 1.29 is 28.3 Å². The molecule has 0 saturated carbocycles. The Kier molecular flexibility index (Phi) is 10.7. The molecule has 1 aliphatic heterocycles. The number of carbonyl (C=O) groups is 1. The second kappa shape index (κ2) is 15.2. The molecule has 11 nitrogen and oxygen atoms in total. The first-order valence-corrected chi connectivity index (χ1v) is 17.5. The molecule has 0 aliphatic carbocycles. The van der Waals surface area contributed by atoms with Crippen LogP contribution in [0.2, 0.25) is 15.1 Å². The lowest BCUT2D eigenvalue weighted by atomic mass is 10.0. The van der Waals surface area contributed by atoms with E-state index in [0.717, 1.165) is 16.9 Å². The molecular weight excluding hydrogens is 741 g/mol. The van der Waals surface area contributed by atoms with Crippen LogP contribution in [0.1, 0.15) is 43.7 Å². The molecule has 1 aliphatic rings. The Labute approximate surface area is 309 Å². The van der Waals surface area contributed by atoms with Gasteiger partial charge >= 0.3 is 5.97 Å². The number of nitro groups is 1. The predicted octanol–water partition coefficient (Wildman–Crippen LogP) is 7.90. The van der Waals surface area contributed by atoms with Gasteiger partial charge in [-0.05, 0) is 74.9 Å². The summed E-state index contributed by atoms with van der Waals surface area (Å²) in [5.74, 6) is 0.696. The lowest BCUT2D eigenvalue weighted by molar-refractivity contribution is -0.384. The van der Waals surface area contributed by atoms with E-state index in [4.69, 9.17) is 53.4 Å². The van der Waals surface area contributed by atoms with Gasteiger partial charge in [0.1, 0.15) is 24.2 Å². The minimum Gasteiger partial charge on any atom is -0.490 e. The van der Waals surface area contributed by atoms with Gasteiger partial charge in [-0.25, -0.2) is 9.79 Å². The number of nitro benzene ring substituents is 1. The number of nitrogens with zero attached hydrogens (tertiary/aromatic N) is 3. The van der Waals surface area contributed by atoms with Crippen molar-refractivity contribution in [3.05, 3.63) is 140 Å². The molecule has 0 unspecified atom stereocenters. The van der Waals surface area contributed by atoms with Gasteiger partial charge in [-0.3, -0.25) is 19.5 Å². The van der Waals surface area contributed by atoms with Crippen molar-refractivity contribution in [1.82, 2.24) is 4.57 Å². The highest BCUT2D eigenvalue weighted by atomic mass is 35.5. The van der Waals surface area contributed by atoms with Gasteiger partial charge in [0.05, 0.1) is 39.0 Å². The van der Waals surface area contributed by atoms with Crippen molar-refractivity contribution in [3.63, 3.8) is 0 Å². The maximum atomic E-state index is 14.2. The summed E-state index contributed by atoms with van der Waals surface area (Å²) in [6.45, 7) is 5.81. The SMILES string of the molecule is CCOC(=O)C1=C(C)N=c2s/c(=C\c3ccc(OCc4ccc(Cl)cc4Cl)c(OCC)c3)c(=O)n2[C@H]1c1ccc(-c2cc([N+](=O)[O-])ccc2Cl)o1. The van der Waals surface area contributed by atoms with Crippen molar-refractivity contribution in [1.29, 1.82) is 0 Å². The molecule has 0 fully saturated rings. The van der Waals surface area contributed by atoms with Crippen LogP contribution in [0.5, 0.6) is 11.5 Å². The van der Waals surface area contributed by atoms with Gasteiger partial charge in [0, 0.05) is 33.3 Å². The number of carbonyl (C=O) groups excluding carboxylic acids is 1. The van der Waals surface area contributed by atoms with Crippen LogP contribution in [0.4, 0.5) is 5.69 Å². The molecule has 0 saturated heterocycles. The van der Waals surface area contributed by atoms with E-state index >= 15 is 0 Å².